The number of nitrogens with zero attached hydrogens (tertiary/aromatic N) is 2. The van der Waals surface area contributed by atoms with Crippen LogP contribution in [0, 0.1) is 11.3 Å². The standard InChI is InChI=1S/C13H15N3O4/c1-2-7-20-13(19)15-10-8-11(12(17)18)16(9-10)6-4-3-5-14/h2,8-9H,1,3-4,6-7H2,(H,15,19)(H,17,18). The molecule has 0 bridgehead atoms. The molecule has 7 nitrogen and oxygen atoms in total. The van der Waals surface area contributed by atoms with Crippen LogP contribution in [0.5, 0.6) is 0 Å². The van der Waals surface area contributed by atoms with Gasteiger partial charge in [0.2, 0.25) is 0 Å². The minimum Gasteiger partial charge on any atom is -0.477 e. The van der Waals surface area contributed by atoms with E-state index in [0.717, 1.165) is 0 Å². The molecule has 2 N–H and O–H groups in total. The highest BCUT2D eigenvalue weighted by Crippen LogP contribution is 2.15. The summed E-state index contributed by atoms with van der Waals surface area (Å²) in [7, 11) is 0. The quantitative estimate of drug-likeness (QED) is 0.587. The number of carbonyl (C=O) groups excluding carboxylic acids is 1. The molecule has 106 valence electrons. The second-order valence-corrected chi connectivity index (χ2v) is 3.89. The molecule has 0 aliphatic carbocycles. The number of hydrogen-bond acceptors (Lipinski definition) is 4. The number of carboxylic acids is 1. The number of aromatic nitrogens is 1. The first-order valence-electron chi connectivity index (χ1n) is 5.93. The first-order valence-corrected chi connectivity index (χ1v) is 5.93. The highest BCUT2D eigenvalue weighted by Gasteiger charge is 2.14. The van der Waals surface area contributed by atoms with Crippen LogP contribution in [0.15, 0.2) is 24.9 Å². The van der Waals surface area contributed by atoms with Crippen molar-refractivity contribution in [3.05, 3.63) is 30.6 Å². The van der Waals surface area contributed by atoms with Gasteiger partial charge in [-0.3, -0.25) is 5.32 Å². The number of nitriles is 1. The van der Waals surface area contributed by atoms with E-state index in [-0.39, 0.29) is 12.3 Å². The zero-order valence-corrected chi connectivity index (χ0v) is 10.8. The summed E-state index contributed by atoms with van der Waals surface area (Å²) in [5, 5.41) is 20.0. The summed E-state index contributed by atoms with van der Waals surface area (Å²) in [6.07, 6.45) is 3.11. The van der Waals surface area contributed by atoms with E-state index in [2.05, 4.69) is 11.9 Å². The number of unbranched alkanes of at least 4 members (excludes halogenated alkanes) is 1. The lowest BCUT2D eigenvalue weighted by molar-refractivity contribution is 0.0685. The van der Waals surface area contributed by atoms with Gasteiger partial charge in [-0.25, -0.2) is 9.59 Å². The van der Waals surface area contributed by atoms with Gasteiger partial charge >= 0.3 is 12.1 Å². The molecule has 0 fully saturated rings. The molecule has 0 atom stereocenters. The van der Waals surface area contributed by atoms with Crippen LogP contribution >= 0.6 is 0 Å². The van der Waals surface area contributed by atoms with E-state index in [1.54, 1.807) is 0 Å². The maximum atomic E-state index is 11.3. The maximum Gasteiger partial charge on any atom is 0.411 e. The van der Waals surface area contributed by atoms with Gasteiger partial charge in [0.15, 0.2) is 0 Å². The number of amides is 1. The largest absolute Gasteiger partial charge is 0.477 e. The molecule has 7 heteroatoms. The normalized spacial score (nSPS) is 9.55. The van der Waals surface area contributed by atoms with Crippen molar-refractivity contribution in [3.8, 4) is 6.07 Å². The van der Waals surface area contributed by atoms with Crippen LogP contribution in [0.3, 0.4) is 0 Å². The molecule has 1 aromatic rings. The molecule has 0 saturated heterocycles. The second kappa shape index (κ2) is 7.63. The molecular formula is C13H15N3O4. The molecule has 0 aliphatic heterocycles. The lowest BCUT2D eigenvalue weighted by Crippen LogP contribution is -2.13. The Bertz CT molecular complexity index is 542. The van der Waals surface area contributed by atoms with Gasteiger partial charge in [0.05, 0.1) is 11.8 Å². The van der Waals surface area contributed by atoms with E-state index in [0.29, 0.717) is 25.1 Å². The topological polar surface area (TPSA) is 104 Å². The number of aromatic carboxylic acids is 1. The second-order valence-electron chi connectivity index (χ2n) is 3.89. The third-order valence-electron chi connectivity index (χ3n) is 2.38. The number of carbonyl (C=O) groups is 2. The van der Waals surface area contributed by atoms with E-state index in [9.17, 15) is 9.59 Å². The third kappa shape index (κ3) is 4.49. The first kappa shape index (κ1) is 15.3. The molecular weight excluding hydrogens is 262 g/mol. The number of rotatable bonds is 7. The number of ether oxygens (including phenoxy) is 1. The van der Waals surface area contributed by atoms with Crippen molar-refractivity contribution in [1.82, 2.24) is 4.57 Å². The highest BCUT2D eigenvalue weighted by molar-refractivity contribution is 5.90. The molecule has 0 radical (unpaired) electrons. The number of carboxylic acid groups (broad SMARTS) is 1. The van der Waals surface area contributed by atoms with Gasteiger partial charge in [-0.2, -0.15) is 5.26 Å². The summed E-state index contributed by atoms with van der Waals surface area (Å²) >= 11 is 0. The van der Waals surface area contributed by atoms with Gasteiger partial charge in [0, 0.05) is 19.2 Å². The summed E-state index contributed by atoms with van der Waals surface area (Å²) in [5.74, 6) is -1.10. The fourth-order valence-corrected chi connectivity index (χ4v) is 1.56. The van der Waals surface area contributed by atoms with E-state index in [4.69, 9.17) is 15.1 Å². The van der Waals surface area contributed by atoms with Crippen LogP contribution < -0.4 is 5.32 Å². The maximum absolute atomic E-state index is 11.3. The molecule has 0 spiro atoms. The Morgan fingerprint density at radius 3 is 2.95 bits per heavy atom. The Hall–Kier alpha value is -2.75. The Labute approximate surface area is 116 Å². The summed E-state index contributed by atoms with van der Waals surface area (Å²) in [6, 6.07) is 3.33. The average Bonchev–Trinajstić information content (AvgIpc) is 2.80. The Morgan fingerprint density at radius 2 is 2.35 bits per heavy atom. The molecule has 0 unspecified atom stereocenters. The van der Waals surface area contributed by atoms with Crippen molar-refractivity contribution in [1.29, 1.82) is 5.26 Å². The van der Waals surface area contributed by atoms with E-state index in [1.165, 1.54) is 22.9 Å². The smallest absolute Gasteiger partial charge is 0.411 e. The molecule has 0 aliphatic rings. The average molecular weight is 277 g/mol. The van der Waals surface area contributed by atoms with Crippen LogP contribution in [0.25, 0.3) is 0 Å². The van der Waals surface area contributed by atoms with Gasteiger partial charge in [0.1, 0.15) is 12.3 Å². The number of hydrogen-bond donors (Lipinski definition) is 2. The fourth-order valence-electron chi connectivity index (χ4n) is 1.56. The fraction of sp³-hybridized carbons (Fsp3) is 0.308. The third-order valence-corrected chi connectivity index (χ3v) is 2.38. The van der Waals surface area contributed by atoms with E-state index >= 15 is 0 Å². The van der Waals surface area contributed by atoms with Gasteiger partial charge in [0.25, 0.3) is 0 Å². The van der Waals surface area contributed by atoms with Crippen LogP contribution in [0.1, 0.15) is 23.3 Å². The van der Waals surface area contributed by atoms with Crippen molar-refractivity contribution in [2.75, 3.05) is 11.9 Å². The van der Waals surface area contributed by atoms with Crippen LogP contribution in [0.4, 0.5) is 10.5 Å². The number of anilines is 1. The predicted octanol–water partition coefficient (Wildman–Crippen LogP) is 2.22. The summed E-state index contributed by atoms with van der Waals surface area (Å²) in [6.45, 7) is 3.87. The van der Waals surface area contributed by atoms with Gasteiger partial charge in [-0.15, -0.1) is 0 Å². The monoisotopic (exact) mass is 277 g/mol. The van der Waals surface area contributed by atoms with Crippen molar-refractivity contribution in [3.63, 3.8) is 0 Å². The summed E-state index contributed by atoms with van der Waals surface area (Å²) < 4.78 is 6.21. The SMILES string of the molecule is C=CCOC(=O)Nc1cc(C(=O)O)n(CCCC#N)c1. The van der Waals surface area contributed by atoms with Crippen LogP contribution in [-0.4, -0.2) is 28.3 Å². The molecule has 1 amide bonds. The molecule has 1 heterocycles. The van der Waals surface area contributed by atoms with Crippen molar-refractivity contribution in [2.45, 2.75) is 19.4 Å². The summed E-state index contributed by atoms with van der Waals surface area (Å²) in [5.41, 5.74) is 0.371. The lowest BCUT2D eigenvalue weighted by atomic mass is 10.3. The van der Waals surface area contributed by atoms with Crippen molar-refractivity contribution >= 4 is 17.7 Å². The van der Waals surface area contributed by atoms with E-state index < -0.39 is 12.1 Å². The number of nitrogens with one attached hydrogen (secondary N) is 1. The Balaban J connectivity index is 2.75. The van der Waals surface area contributed by atoms with Crippen molar-refractivity contribution < 1.29 is 19.4 Å². The first-order chi connectivity index (χ1) is 9.58. The zero-order chi connectivity index (χ0) is 15.0. The van der Waals surface area contributed by atoms with Gasteiger partial charge < -0.3 is 14.4 Å². The van der Waals surface area contributed by atoms with Crippen molar-refractivity contribution in [2.24, 2.45) is 0 Å². The van der Waals surface area contributed by atoms with Gasteiger partial charge in [-0.05, 0) is 12.5 Å². The summed E-state index contributed by atoms with van der Waals surface area (Å²) in [4.78, 5) is 22.4. The zero-order valence-electron chi connectivity index (χ0n) is 10.8. The van der Waals surface area contributed by atoms with Crippen LogP contribution in [-0.2, 0) is 11.3 Å². The van der Waals surface area contributed by atoms with Gasteiger partial charge in [-0.1, -0.05) is 12.7 Å². The Morgan fingerprint density at radius 1 is 1.60 bits per heavy atom. The van der Waals surface area contributed by atoms with Crippen LogP contribution in [0.2, 0.25) is 0 Å². The molecule has 1 rings (SSSR count). The molecule has 20 heavy (non-hydrogen) atoms. The minimum absolute atomic E-state index is 0.0435. The minimum atomic E-state index is -1.10. The lowest BCUT2D eigenvalue weighted by Gasteiger charge is -2.04. The molecule has 0 saturated carbocycles. The number of aryl methyl sites for hydroxylation is 1. The molecule has 0 aromatic carbocycles. The molecule has 1 aromatic heterocycles. The predicted molar refractivity (Wildman–Crippen MR) is 71.4 cm³/mol. The highest BCUT2D eigenvalue weighted by atomic mass is 16.5. The Kier molecular flexibility index (Phi) is 5.84. The van der Waals surface area contributed by atoms with E-state index in [1.807, 2.05) is 6.07 Å².